The number of nitrogens with zero attached hydrogens (tertiary/aromatic N) is 1. The van der Waals surface area contributed by atoms with E-state index in [1.807, 2.05) is 36.4 Å². The van der Waals surface area contributed by atoms with Crippen molar-refractivity contribution in [1.29, 1.82) is 0 Å². The molecule has 0 saturated carbocycles. The van der Waals surface area contributed by atoms with Gasteiger partial charge in [0, 0.05) is 27.4 Å². The number of pyridine rings is 1. The molecule has 0 saturated heterocycles. The molecule has 1 aromatic heterocycles. The van der Waals surface area contributed by atoms with Gasteiger partial charge in [-0.2, -0.15) is 0 Å². The Kier molecular flexibility index (Phi) is 4.10. The van der Waals surface area contributed by atoms with Crippen molar-refractivity contribution in [2.45, 2.75) is 6.42 Å². The normalized spacial score (nSPS) is 10.9. The summed E-state index contributed by atoms with van der Waals surface area (Å²) < 4.78 is 5.38. The van der Waals surface area contributed by atoms with Crippen molar-refractivity contribution in [1.82, 2.24) is 4.98 Å². The number of rotatable bonds is 3. The quantitative estimate of drug-likeness (QED) is 0.754. The largest absolute Gasteiger partial charge is 0.496 e. The van der Waals surface area contributed by atoms with Gasteiger partial charge in [0.05, 0.1) is 12.6 Å². The van der Waals surface area contributed by atoms with E-state index in [0.717, 1.165) is 27.8 Å². The summed E-state index contributed by atoms with van der Waals surface area (Å²) in [7, 11) is 1.62. The molecule has 112 valence electrons. The highest BCUT2D eigenvalue weighted by molar-refractivity contribution is 6.31. The van der Waals surface area contributed by atoms with Crippen molar-refractivity contribution in [3.8, 4) is 5.75 Å². The van der Waals surface area contributed by atoms with Gasteiger partial charge in [-0.25, -0.2) is 4.98 Å². The molecule has 0 aliphatic rings. The van der Waals surface area contributed by atoms with Crippen molar-refractivity contribution in [2.24, 2.45) is 0 Å². The number of benzene rings is 2. The molecule has 3 aromatic rings. The Balaban J connectivity index is 2.08. The Morgan fingerprint density at radius 2 is 1.95 bits per heavy atom. The van der Waals surface area contributed by atoms with Crippen LogP contribution in [0, 0.1) is 0 Å². The van der Waals surface area contributed by atoms with Crippen LogP contribution in [0.15, 0.2) is 42.5 Å². The molecule has 0 spiro atoms. The Hall–Kier alpha value is -1.97. The second-order valence-corrected chi connectivity index (χ2v) is 5.81. The highest BCUT2D eigenvalue weighted by Gasteiger charge is 2.12. The average molecular weight is 333 g/mol. The summed E-state index contributed by atoms with van der Waals surface area (Å²) in [5.41, 5.74) is 8.67. The van der Waals surface area contributed by atoms with Gasteiger partial charge in [0.1, 0.15) is 11.6 Å². The van der Waals surface area contributed by atoms with Gasteiger partial charge in [-0.1, -0.05) is 35.3 Å². The van der Waals surface area contributed by atoms with E-state index < -0.39 is 0 Å². The molecular weight excluding hydrogens is 319 g/mol. The lowest BCUT2D eigenvalue weighted by Crippen LogP contribution is -2.01. The molecule has 2 N–H and O–H groups in total. The number of nitrogens with two attached hydrogens (primary N) is 1. The molecule has 22 heavy (non-hydrogen) atoms. The van der Waals surface area contributed by atoms with Gasteiger partial charge < -0.3 is 10.5 Å². The SMILES string of the molecule is COc1cccc(Cl)c1Cc1cc2ccc(Cl)cc2nc1N. The second kappa shape index (κ2) is 6.03. The minimum atomic E-state index is 0.469. The molecule has 0 atom stereocenters. The van der Waals surface area contributed by atoms with Gasteiger partial charge in [-0.05, 0) is 35.9 Å². The van der Waals surface area contributed by atoms with E-state index >= 15 is 0 Å². The summed E-state index contributed by atoms with van der Waals surface area (Å²) in [5.74, 6) is 1.21. The van der Waals surface area contributed by atoms with Crippen LogP contribution in [-0.2, 0) is 6.42 Å². The summed E-state index contributed by atoms with van der Waals surface area (Å²) in [6, 6.07) is 13.1. The van der Waals surface area contributed by atoms with E-state index in [0.29, 0.717) is 22.3 Å². The number of aromatic nitrogens is 1. The van der Waals surface area contributed by atoms with Crippen molar-refractivity contribution in [2.75, 3.05) is 12.8 Å². The number of hydrogen-bond donors (Lipinski definition) is 1. The lowest BCUT2D eigenvalue weighted by Gasteiger charge is -2.12. The topological polar surface area (TPSA) is 48.1 Å². The van der Waals surface area contributed by atoms with Gasteiger partial charge >= 0.3 is 0 Å². The Morgan fingerprint density at radius 3 is 2.73 bits per heavy atom. The molecule has 2 aromatic carbocycles. The zero-order valence-corrected chi connectivity index (χ0v) is 13.4. The third-order valence-electron chi connectivity index (χ3n) is 3.56. The van der Waals surface area contributed by atoms with Crippen molar-refractivity contribution >= 4 is 39.9 Å². The first kappa shape index (κ1) is 14.9. The molecule has 5 heteroatoms. The fraction of sp³-hybridized carbons (Fsp3) is 0.118. The lowest BCUT2D eigenvalue weighted by molar-refractivity contribution is 0.410. The van der Waals surface area contributed by atoms with Crippen LogP contribution in [0.2, 0.25) is 10.0 Å². The first-order valence-electron chi connectivity index (χ1n) is 6.74. The first-order chi connectivity index (χ1) is 10.6. The predicted octanol–water partition coefficient (Wildman–Crippen LogP) is 4.72. The average Bonchev–Trinajstić information content (AvgIpc) is 2.50. The molecule has 0 aliphatic heterocycles. The molecular formula is C17H14Cl2N2O. The van der Waals surface area contributed by atoms with E-state index in [2.05, 4.69) is 4.98 Å². The molecule has 0 unspecified atom stereocenters. The molecule has 0 fully saturated rings. The maximum absolute atomic E-state index is 6.29. The second-order valence-electron chi connectivity index (χ2n) is 4.97. The van der Waals surface area contributed by atoms with Crippen LogP contribution in [0.1, 0.15) is 11.1 Å². The van der Waals surface area contributed by atoms with E-state index in [1.54, 1.807) is 13.2 Å². The number of anilines is 1. The van der Waals surface area contributed by atoms with Gasteiger partial charge in [-0.3, -0.25) is 0 Å². The minimum absolute atomic E-state index is 0.469. The summed E-state index contributed by atoms with van der Waals surface area (Å²) in [4.78, 5) is 4.43. The molecule has 0 bridgehead atoms. The van der Waals surface area contributed by atoms with Crippen LogP contribution in [0.4, 0.5) is 5.82 Å². The fourth-order valence-corrected chi connectivity index (χ4v) is 2.83. The number of hydrogen-bond acceptors (Lipinski definition) is 3. The fourth-order valence-electron chi connectivity index (χ4n) is 2.43. The van der Waals surface area contributed by atoms with E-state index in [4.69, 9.17) is 33.7 Å². The number of halogens is 2. The van der Waals surface area contributed by atoms with Crippen molar-refractivity contribution in [3.05, 3.63) is 63.6 Å². The molecule has 0 radical (unpaired) electrons. The highest BCUT2D eigenvalue weighted by atomic mass is 35.5. The third kappa shape index (κ3) is 2.82. The Labute approximate surface area is 138 Å². The molecule has 3 nitrogen and oxygen atoms in total. The maximum Gasteiger partial charge on any atom is 0.127 e. The standard InChI is InChI=1S/C17H14Cl2N2O/c1-22-16-4-2-3-14(19)13(16)8-11-7-10-5-6-12(18)9-15(10)21-17(11)20/h2-7,9H,8H2,1H3,(H2,20,21). The first-order valence-corrected chi connectivity index (χ1v) is 7.50. The third-order valence-corrected chi connectivity index (χ3v) is 4.14. The minimum Gasteiger partial charge on any atom is -0.496 e. The van der Waals surface area contributed by atoms with Gasteiger partial charge in [0.2, 0.25) is 0 Å². The summed E-state index contributed by atoms with van der Waals surface area (Å²) in [5, 5.41) is 2.27. The lowest BCUT2D eigenvalue weighted by atomic mass is 10.0. The summed E-state index contributed by atoms with van der Waals surface area (Å²) in [6.07, 6.45) is 0.556. The molecule has 0 aliphatic carbocycles. The monoisotopic (exact) mass is 332 g/mol. The highest BCUT2D eigenvalue weighted by Crippen LogP contribution is 2.31. The Bertz CT molecular complexity index is 849. The van der Waals surface area contributed by atoms with Crippen LogP contribution < -0.4 is 10.5 Å². The number of methoxy groups -OCH3 is 1. The number of nitrogen functional groups attached to an aromatic ring is 1. The van der Waals surface area contributed by atoms with Crippen molar-refractivity contribution < 1.29 is 4.74 Å². The molecule has 0 amide bonds. The smallest absolute Gasteiger partial charge is 0.127 e. The van der Waals surface area contributed by atoms with Gasteiger partial charge in [0.15, 0.2) is 0 Å². The molecule has 1 heterocycles. The van der Waals surface area contributed by atoms with Crippen LogP contribution in [0.25, 0.3) is 10.9 Å². The van der Waals surface area contributed by atoms with E-state index in [1.165, 1.54) is 0 Å². The van der Waals surface area contributed by atoms with Crippen LogP contribution in [0.5, 0.6) is 5.75 Å². The van der Waals surface area contributed by atoms with Crippen LogP contribution >= 0.6 is 23.2 Å². The predicted molar refractivity (Wildman–Crippen MR) is 92.0 cm³/mol. The van der Waals surface area contributed by atoms with Gasteiger partial charge in [-0.15, -0.1) is 0 Å². The Morgan fingerprint density at radius 1 is 1.14 bits per heavy atom. The molecule has 3 rings (SSSR count). The maximum atomic E-state index is 6.29. The number of ether oxygens (including phenoxy) is 1. The van der Waals surface area contributed by atoms with Crippen LogP contribution in [0.3, 0.4) is 0 Å². The van der Waals surface area contributed by atoms with E-state index in [-0.39, 0.29) is 0 Å². The van der Waals surface area contributed by atoms with Crippen LogP contribution in [-0.4, -0.2) is 12.1 Å². The van der Waals surface area contributed by atoms with Gasteiger partial charge in [0.25, 0.3) is 0 Å². The zero-order chi connectivity index (χ0) is 15.7. The summed E-state index contributed by atoms with van der Waals surface area (Å²) >= 11 is 12.3. The summed E-state index contributed by atoms with van der Waals surface area (Å²) in [6.45, 7) is 0. The number of fused-ring (bicyclic) bond motifs is 1. The van der Waals surface area contributed by atoms with Crippen molar-refractivity contribution in [3.63, 3.8) is 0 Å². The zero-order valence-electron chi connectivity index (χ0n) is 11.9. The van der Waals surface area contributed by atoms with E-state index in [9.17, 15) is 0 Å².